The molecule has 5 heteroatoms. The van der Waals surface area contributed by atoms with Crippen LogP contribution < -0.4 is 9.64 Å². The van der Waals surface area contributed by atoms with Gasteiger partial charge in [0.25, 0.3) is 0 Å². The normalized spacial score (nSPS) is 19.9. The molecule has 1 saturated heterocycles. The summed E-state index contributed by atoms with van der Waals surface area (Å²) in [4.78, 5) is 18.2. The molecular weight excluding hydrogens is 356 g/mol. The lowest BCUT2D eigenvalue weighted by Gasteiger charge is -2.29. The number of thiazole rings is 1. The lowest BCUT2D eigenvalue weighted by atomic mass is 9.97. The minimum Gasteiger partial charge on any atom is -0.496 e. The Balaban J connectivity index is 1.53. The van der Waals surface area contributed by atoms with E-state index in [1.165, 1.54) is 27.4 Å². The number of aromatic nitrogens is 1. The van der Waals surface area contributed by atoms with Gasteiger partial charge in [-0.05, 0) is 50.1 Å². The molecule has 0 radical (unpaired) electrons. The van der Waals surface area contributed by atoms with E-state index in [-0.39, 0.29) is 5.78 Å². The van der Waals surface area contributed by atoms with Crippen LogP contribution in [0.2, 0.25) is 0 Å². The van der Waals surface area contributed by atoms with E-state index < -0.39 is 0 Å². The van der Waals surface area contributed by atoms with E-state index in [0.29, 0.717) is 5.92 Å². The van der Waals surface area contributed by atoms with Gasteiger partial charge in [0, 0.05) is 11.1 Å². The number of hydrogen-bond acceptors (Lipinski definition) is 4. The summed E-state index contributed by atoms with van der Waals surface area (Å²) in [5, 5.41) is 1.26. The summed E-state index contributed by atoms with van der Waals surface area (Å²) in [5.74, 6) is 1.47. The van der Waals surface area contributed by atoms with Gasteiger partial charge in [-0.25, -0.2) is 4.98 Å². The van der Waals surface area contributed by atoms with Crippen LogP contribution in [0.3, 0.4) is 0 Å². The number of ketones is 1. The molecule has 2 heterocycles. The fourth-order valence-corrected chi connectivity index (χ4v) is 5.09. The summed E-state index contributed by atoms with van der Waals surface area (Å²) in [7, 11) is 1.70. The van der Waals surface area contributed by atoms with Crippen LogP contribution in [-0.4, -0.2) is 31.0 Å². The summed E-state index contributed by atoms with van der Waals surface area (Å²) in [6, 6.07) is 14.1. The molecule has 27 heavy (non-hydrogen) atoms. The summed E-state index contributed by atoms with van der Waals surface area (Å²) in [6.07, 6.45) is 2.40. The molecule has 1 N–H and O–H groups in total. The van der Waals surface area contributed by atoms with Crippen molar-refractivity contribution in [3.05, 3.63) is 58.6 Å². The molecular formula is C22H25N2O2S+. The van der Waals surface area contributed by atoms with Crippen molar-refractivity contribution in [2.75, 3.05) is 20.2 Å². The van der Waals surface area contributed by atoms with Crippen LogP contribution in [-0.2, 0) is 6.54 Å². The first-order valence-electron chi connectivity index (χ1n) is 9.51. The van der Waals surface area contributed by atoms with Crippen molar-refractivity contribution >= 4 is 27.3 Å². The number of piperidine rings is 1. The van der Waals surface area contributed by atoms with Crippen molar-refractivity contribution in [2.45, 2.75) is 32.2 Å². The molecule has 0 aliphatic carbocycles. The number of ether oxygens (including phenoxy) is 1. The fraction of sp³-hybridized carbons (Fsp3) is 0.364. The Morgan fingerprint density at radius 1 is 1.30 bits per heavy atom. The molecule has 140 valence electrons. The highest BCUT2D eigenvalue weighted by atomic mass is 32.1. The van der Waals surface area contributed by atoms with Crippen molar-refractivity contribution in [3.63, 3.8) is 0 Å². The van der Waals surface area contributed by atoms with E-state index in [0.717, 1.165) is 42.0 Å². The van der Waals surface area contributed by atoms with E-state index in [4.69, 9.17) is 9.72 Å². The second kappa shape index (κ2) is 7.79. The van der Waals surface area contributed by atoms with E-state index in [9.17, 15) is 4.79 Å². The van der Waals surface area contributed by atoms with Crippen molar-refractivity contribution in [1.29, 1.82) is 0 Å². The van der Waals surface area contributed by atoms with Gasteiger partial charge in [0.15, 0.2) is 5.78 Å². The largest absolute Gasteiger partial charge is 0.496 e. The first-order valence-corrected chi connectivity index (χ1v) is 10.3. The van der Waals surface area contributed by atoms with Gasteiger partial charge >= 0.3 is 0 Å². The number of hydrogen-bond donors (Lipinski definition) is 1. The Kier molecular flexibility index (Phi) is 5.23. The van der Waals surface area contributed by atoms with Crippen LogP contribution in [0.5, 0.6) is 5.75 Å². The predicted octanol–water partition coefficient (Wildman–Crippen LogP) is 3.47. The van der Waals surface area contributed by atoms with Gasteiger partial charge in [-0.15, -0.1) is 11.3 Å². The lowest BCUT2D eigenvalue weighted by Crippen LogP contribution is -3.12. The van der Waals surface area contributed by atoms with Gasteiger partial charge in [-0.2, -0.15) is 0 Å². The molecule has 0 amide bonds. The molecule has 4 rings (SSSR count). The van der Waals surface area contributed by atoms with Crippen molar-refractivity contribution in [3.8, 4) is 5.75 Å². The van der Waals surface area contributed by atoms with Crippen LogP contribution in [0.1, 0.15) is 46.6 Å². The van der Waals surface area contributed by atoms with Gasteiger partial charge in [0.2, 0.25) is 0 Å². The SMILES string of the molecule is COc1ccc(C(C)=O)cc1C[NH+]1CCC[C@@H](c2nc3ccccc3s2)C1. The third-order valence-corrected chi connectivity index (χ3v) is 6.60. The maximum Gasteiger partial charge on any atom is 0.159 e. The van der Waals surface area contributed by atoms with Gasteiger partial charge in [-0.3, -0.25) is 4.79 Å². The van der Waals surface area contributed by atoms with E-state index in [1.54, 1.807) is 14.0 Å². The molecule has 2 atom stereocenters. The molecule has 0 spiro atoms. The predicted molar refractivity (Wildman–Crippen MR) is 109 cm³/mol. The molecule has 1 fully saturated rings. The molecule has 2 aromatic carbocycles. The molecule has 1 unspecified atom stereocenters. The second-order valence-corrected chi connectivity index (χ2v) is 8.38. The van der Waals surface area contributed by atoms with Crippen LogP contribution >= 0.6 is 11.3 Å². The van der Waals surface area contributed by atoms with Gasteiger partial charge in [0.1, 0.15) is 17.3 Å². The number of likely N-dealkylation sites (tertiary alicyclic amines) is 1. The first-order chi connectivity index (χ1) is 13.1. The molecule has 0 saturated carbocycles. The number of para-hydroxylation sites is 1. The maximum atomic E-state index is 11.8. The Hall–Kier alpha value is -2.24. The standard InChI is InChI=1S/C22H24N2O2S/c1-15(25)16-9-10-20(26-2)18(12-16)14-24-11-5-6-17(13-24)22-23-19-7-3-4-8-21(19)27-22/h3-4,7-10,12,17H,5-6,11,13-14H2,1-2H3/p+1/t17-/m1/s1. The molecule has 1 aliphatic rings. The summed E-state index contributed by atoms with van der Waals surface area (Å²) >= 11 is 1.83. The summed E-state index contributed by atoms with van der Waals surface area (Å²) in [6.45, 7) is 4.72. The zero-order valence-corrected chi connectivity index (χ0v) is 16.6. The van der Waals surface area contributed by atoms with Crippen LogP contribution in [0.25, 0.3) is 10.2 Å². The summed E-state index contributed by atoms with van der Waals surface area (Å²) < 4.78 is 6.81. The zero-order chi connectivity index (χ0) is 18.8. The zero-order valence-electron chi connectivity index (χ0n) is 15.8. The molecule has 1 aromatic heterocycles. The van der Waals surface area contributed by atoms with E-state index in [1.807, 2.05) is 29.5 Å². The van der Waals surface area contributed by atoms with E-state index in [2.05, 4.69) is 24.3 Å². The maximum absolute atomic E-state index is 11.8. The Labute approximate surface area is 163 Å². The average molecular weight is 382 g/mol. The van der Waals surface area contributed by atoms with E-state index >= 15 is 0 Å². The third-order valence-electron chi connectivity index (χ3n) is 5.41. The smallest absolute Gasteiger partial charge is 0.159 e. The van der Waals surface area contributed by atoms with Crippen molar-refractivity contribution in [2.24, 2.45) is 0 Å². The second-order valence-electron chi connectivity index (χ2n) is 7.32. The highest BCUT2D eigenvalue weighted by Gasteiger charge is 2.27. The molecule has 1 aliphatic heterocycles. The number of rotatable bonds is 5. The minimum atomic E-state index is 0.0971. The number of nitrogens with zero attached hydrogens (tertiary/aromatic N) is 1. The lowest BCUT2D eigenvalue weighted by molar-refractivity contribution is -0.920. The highest BCUT2D eigenvalue weighted by Crippen LogP contribution is 2.30. The van der Waals surface area contributed by atoms with Crippen molar-refractivity contribution in [1.82, 2.24) is 4.98 Å². The quantitative estimate of drug-likeness (QED) is 0.688. The molecule has 0 bridgehead atoms. The highest BCUT2D eigenvalue weighted by molar-refractivity contribution is 7.18. The number of quaternary nitrogens is 1. The number of nitrogens with one attached hydrogen (secondary N) is 1. The number of Topliss-reactive ketones (excluding diaryl/α,β-unsaturated/α-hetero) is 1. The number of methoxy groups -OCH3 is 1. The van der Waals surface area contributed by atoms with Crippen LogP contribution in [0.15, 0.2) is 42.5 Å². The van der Waals surface area contributed by atoms with Gasteiger partial charge in [-0.1, -0.05) is 12.1 Å². The third kappa shape index (κ3) is 3.89. The molecule has 3 aromatic rings. The number of carbonyl (C=O) groups excluding carboxylic acids is 1. The number of benzene rings is 2. The van der Waals surface area contributed by atoms with Crippen LogP contribution in [0, 0.1) is 0 Å². The number of carbonyl (C=O) groups is 1. The Morgan fingerprint density at radius 2 is 2.15 bits per heavy atom. The van der Waals surface area contributed by atoms with Gasteiger partial charge < -0.3 is 9.64 Å². The topological polar surface area (TPSA) is 43.6 Å². The Morgan fingerprint density at radius 3 is 2.93 bits per heavy atom. The van der Waals surface area contributed by atoms with Crippen molar-refractivity contribution < 1.29 is 14.4 Å². The monoisotopic (exact) mass is 381 g/mol. The minimum absolute atomic E-state index is 0.0971. The average Bonchev–Trinajstić information content (AvgIpc) is 3.12. The van der Waals surface area contributed by atoms with Crippen LogP contribution in [0.4, 0.5) is 0 Å². The molecule has 4 nitrogen and oxygen atoms in total. The van der Waals surface area contributed by atoms with Gasteiger partial charge in [0.05, 0.1) is 36.3 Å². The first kappa shape index (κ1) is 18.1. The Bertz CT molecular complexity index is 933. The summed E-state index contributed by atoms with van der Waals surface area (Å²) in [5.41, 5.74) is 2.98. The fourth-order valence-electron chi connectivity index (χ4n) is 3.99. The number of fused-ring (bicyclic) bond motifs is 1.